The van der Waals surface area contributed by atoms with E-state index in [0.29, 0.717) is 25.7 Å². The van der Waals surface area contributed by atoms with Crippen LogP contribution < -0.4 is 5.32 Å². The summed E-state index contributed by atoms with van der Waals surface area (Å²) in [7, 11) is 0. The fourth-order valence-corrected chi connectivity index (χ4v) is 1.61. The molecule has 0 rings (SSSR count). The van der Waals surface area contributed by atoms with Crippen LogP contribution in [-0.2, 0) is 4.74 Å². The summed E-state index contributed by atoms with van der Waals surface area (Å²) in [5.74, 6) is 0.484. The van der Waals surface area contributed by atoms with Crippen LogP contribution >= 0.6 is 0 Å². The summed E-state index contributed by atoms with van der Waals surface area (Å²) in [4.78, 5) is 0. The van der Waals surface area contributed by atoms with Crippen molar-refractivity contribution in [1.29, 1.82) is 0 Å². The SMILES string of the molecule is CCC(CC)(CO)NCC(O)COCC(C)C. The largest absolute Gasteiger partial charge is 0.394 e. The van der Waals surface area contributed by atoms with Gasteiger partial charge in [-0.3, -0.25) is 0 Å². The van der Waals surface area contributed by atoms with Crippen molar-refractivity contribution in [2.45, 2.75) is 52.2 Å². The normalized spacial score (nSPS) is 14.3. The van der Waals surface area contributed by atoms with E-state index in [9.17, 15) is 10.2 Å². The minimum absolute atomic E-state index is 0.0968. The van der Waals surface area contributed by atoms with Gasteiger partial charge in [0.25, 0.3) is 0 Å². The number of ether oxygens (including phenoxy) is 1. The summed E-state index contributed by atoms with van der Waals surface area (Å²) in [5.41, 5.74) is -0.265. The molecule has 1 unspecified atom stereocenters. The standard InChI is InChI=1S/C13H29NO3/c1-5-13(6-2,10-15)14-7-12(16)9-17-8-11(3)4/h11-12,14-16H,5-10H2,1-4H3. The fraction of sp³-hybridized carbons (Fsp3) is 1.00. The van der Waals surface area contributed by atoms with Gasteiger partial charge in [-0.25, -0.2) is 0 Å². The van der Waals surface area contributed by atoms with E-state index < -0.39 is 6.10 Å². The van der Waals surface area contributed by atoms with Gasteiger partial charge in [0.1, 0.15) is 0 Å². The van der Waals surface area contributed by atoms with Crippen molar-refractivity contribution < 1.29 is 14.9 Å². The van der Waals surface area contributed by atoms with Gasteiger partial charge >= 0.3 is 0 Å². The summed E-state index contributed by atoms with van der Waals surface area (Å²) in [6, 6.07) is 0. The van der Waals surface area contributed by atoms with Crippen LogP contribution in [0.1, 0.15) is 40.5 Å². The average Bonchev–Trinajstić information content (AvgIpc) is 2.31. The minimum Gasteiger partial charge on any atom is -0.394 e. The van der Waals surface area contributed by atoms with E-state index in [2.05, 4.69) is 19.2 Å². The van der Waals surface area contributed by atoms with Gasteiger partial charge in [-0.15, -0.1) is 0 Å². The zero-order valence-electron chi connectivity index (χ0n) is 11.7. The molecule has 0 radical (unpaired) electrons. The van der Waals surface area contributed by atoms with Crippen LogP contribution in [-0.4, -0.2) is 48.2 Å². The highest BCUT2D eigenvalue weighted by atomic mass is 16.5. The average molecular weight is 247 g/mol. The second-order valence-electron chi connectivity index (χ2n) is 5.11. The molecule has 17 heavy (non-hydrogen) atoms. The third-order valence-corrected chi connectivity index (χ3v) is 3.13. The predicted molar refractivity (Wildman–Crippen MR) is 70.1 cm³/mol. The van der Waals surface area contributed by atoms with Crippen LogP contribution in [0.15, 0.2) is 0 Å². The molecule has 0 heterocycles. The minimum atomic E-state index is -0.516. The van der Waals surface area contributed by atoms with E-state index in [1.165, 1.54) is 0 Å². The van der Waals surface area contributed by atoms with Crippen LogP contribution in [0.5, 0.6) is 0 Å². The number of hydrogen-bond donors (Lipinski definition) is 3. The molecule has 0 saturated heterocycles. The molecule has 0 aliphatic rings. The molecule has 0 amide bonds. The van der Waals surface area contributed by atoms with Gasteiger partial charge in [0, 0.05) is 18.7 Å². The topological polar surface area (TPSA) is 61.7 Å². The quantitative estimate of drug-likeness (QED) is 0.542. The maximum absolute atomic E-state index is 9.74. The molecular weight excluding hydrogens is 218 g/mol. The third kappa shape index (κ3) is 6.99. The van der Waals surface area contributed by atoms with Crippen molar-refractivity contribution in [2.24, 2.45) is 5.92 Å². The van der Waals surface area contributed by atoms with Crippen LogP contribution in [0.25, 0.3) is 0 Å². The highest BCUT2D eigenvalue weighted by Gasteiger charge is 2.25. The first-order valence-corrected chi connectivity index (χ1v) is 6.61. The van der Waals surface area contributed by atoms with Gasteiger partial charge in [0.05, 0.1) is 19.3 Å². The Labute approximate surface area is 105 Å². The second kappa shape index (κ2) is 8.86. The number of rotatable bonds is 10. The second-order valence-corrected chi connectivity index (χ2v) is 5.11. The van der Waals surface area contributed by atoms with Gasteiger partial charge in [-0.2, -0.15) is 0 Å². The van der Waals surface area contributed by atoms with E-state index in [-0.39, 0.29) is 12.1 Å². The molecule has 4 nitrogen and oxygen atoms in total. The first-order valence-electron chi connectivity index (χ1n) is 6.61. The highest BCUT2D eigenvalue weighted by Crippen LogP contribution is 2.13. The molecule has 0 aromatic heterocycles. The lowest BCUT2D eigenvalue weighted by molar-refractivity contribution is 0.0189. The Balaban J connectivity index is 3.84. The molecule has 0 fully saturated rings. The maximum Gasteiger partial charge on any atom is 0.0897 e. The summed E-state index contributed by atoms with van der Waals surface area (Å²) in [5, 5.41) is 22.3. The Morgan fingerprint density at radius 3 is 2.18 bits per heavy atom. The lowest BCUT2D eigenvalue weighted by atomic mass is 9.94. The molecule has 0 aromatic rings. The Bertz CT molecular complexity index is 173. The lowest BCUT2D eigenvalue weighted by Crippen LogP contribution is -2.50. The Morgan fingerprint density at radius 1 is 1.18 bits per heavy atom. The van der Waals surface area contributed by atoms with Gasteiger partial charge in [-0.1, -0.05) is 27.7 Å². The van der Waals surface area contributed by atoms with Gasteiger partial charge in [0.2, 0.25) is 0 Å². The molecule has 0 aromatic carbocycles. The number of hydrogen-bond acceptors (Lipinski definition) is 4. The first-order chi connectivity index (χ1) is 7.99. The molecule has 0 spiro atoms. The fourth-order valence-electron chi connectivity index (χ4n) is 1.61. The third-order valence-electron chi connectivity index (χ3n) is 3.13. The molecule has 1 atom stereocenters. The van der Waals surface area contributed by atoms with Gasteiger partial charge < -0.3 is 20.3 Å². The van der Waals surface area contributed by atoms with Crippen molar-refractivity contribution in [2.75, 3.05) is 26.4 Å². The van der Waals surface area contributed by atoms with Crippen molar-refractivity contribution in [3.8, 4) is 0 Å². The zero-order valence-corrected chi connectivity index (χ0v) is 11.7. The molecule has 104 valence electrons. The number of aliphatic hydroxyl groups excluding tert-OH is 2. The Morgan fingerprint density at radius 2 is 1.76 bits per heavy atom. The predicted octanol–water partition coefficient (Wildman–Crippen LogP) is 1.16. The molecule has 0 bridgehead atoms. The van der Waals surface area contributed by atoms with Crippen molar-refractivity contribution in [1.82, 2.24) is 5.32 Å². The summed E-state index contributed by atoms with van der Waals surface area (Å²) < 4.78 is 5.37. The number of β-amino-alcohol motifs (C(OH)–C–C–N with tert-alkyl or cyclic N) is 1. The first kappa shape index (κ1) is 16.8. The van der Waals surface area contributed by atoms with E-state index >= 15 is 0 Å². The van der Waals surface area contributed by atoms with Crippen molar-refractivity contribution >= 4 is 0 Å². The Hall–Kier alpha value is -0.160. The van der Waals surface area contributed by atoms with Crippen LogP contribution in [0.2, 0.25) is 0 Å². The monoisotopic (exact) mass is 247 g/mol. The van der Waals surface area contributed by atoms with Crippen LogP contribution in [0.3, 0.4) is 0 Å². The molecular formula is C13H29NO3. The van der Waals surface area contributed by atoms with E-state index in [0.717, 1.165) is 12.8 Å². The summed E-state index contributed by atoms with van der Waals surface area (Å²) >= 11 is 0. The van der Waals surface area contributed by atoms with E-state index in [1.807, 2.05) is 13.8 Å². The Kier molecular flexibility index (Phi) is 8.78. The van der Waals surface area contributed by atoms with Crippen molar-refractivity contribution in [3.05, 3.63) is 0 Å². The molecule has 3 N–H and O–H groups in total. The number of nitrogens with one attached hydrogen (secondary N) is 1. The van der Waals surface area contributed by atoms with E-state index in [4.69, 9.17) is 4.74 Å². The van der Waals surface area contributed by atoms with E-state index in [1.54, 1.807) is 0 Å². The molecule has 0 saturated carbocycles. The summed E-state index contributed by atoms with van der Waals surface area (Å²) in [6.45, 7) is 9.80. The van der Waals surface area contributed by atoms with Gasteiger partial charge in [0.15, 0.2) is 0 Å². The molecule has 0 aliphatic carbocycles. The molecule has 4 heteroatoms. The molecule has 0 aliphatic heterocycles. The smallest absolute Gasteiger partial charge is 0.0897 e. The number of aliphatic hydroxyl groups is 2. The zero-order chi connectivity index (χ0) is 13.3. The lowest BCUT2D eigenvalue weighted by Gasteiger charge is -2.32. The van der Waals surface area contributed by atoms with Gasteiger partial charge in [-0.05, 0) is 18.8 Å². The summed E-state index contributed by atoms with van der Waals surface area (Å²) in [6.07, 6.45) is 1.18. The maximum atomic E-state index is 9.74. The van der Waals surface area contributed by atoms with Crippen LogP contribution in [0.4, 0.5) is 0 Å². The van der Waals surface area contributed by atoms with Crippen molar-refractivity contribution in [3.63, 3.8) is 0 Å². The highest BCUT2D eigenvalue weighted by molar-refractivity contribution is 4.85. The van der Waals surface area contributed by atoms with Crippen LogP contribution in [0, 0.1) is 5.92 Å².